The van der Waals surface area contributed by atoms with Gasteiger partial charge in [0, 0.05) is 7.05 Å². The summed E-state index contributed by atoms with van der Waals surface area (Å²) in [6, 6.07) is 0. The summed E-state index contributed by atoms with van der Waals surface area (Å²) in [6.45, 7) is 0. The number of nitrogens with zero attached hydrogens (tertiary/aromatic N) is 3. The molecule has 0 aliphatic heterocycles. The van der Waals surface area contributed by atoms with E-state index in [4.69, 9.17) is 5.11 Å². The van der Waals surface area contributed by atoms with Crippen molar-refractivity contribution in [1.82, 2.24) is 15.0 Å². The largest absolute Gasteiger partial charge is 0.379 e. The van der Waals surface area contributed by atoms with Crippen molar-refractivity contribution < 1.29 is 13.9 Å². The lowest BCUT2D eigenvalue weighted by atomic mass is 10.3. The van der Waals surface area contributed by atoms with Crippen molar-refractivity contribution in [3.8, 4) is 0 Å². The highest BCUT2D eigenvalue weighted by Gasteiger charge is 2.40. The number of hydrogen-bond acceptors (Lipinski definition) is 3. The van der Waals surface area contributed by atoms with E-state index in [1.807, 2.05) is 0 Å². The van der Waals surface area contributed by atoms with Gasteiger partial charge in [-0.1, -0.05) is 5.21 Å². The van der Waals surface area contributed by atoms with Gasteiger partial charge in [-0.15, -0.1) is 5.10 Å². The Morgan fingerprint density at radius 1 is 1.69 bits per heavy atom. The van der Waals surface area contributed by atoms with E-state index in [-0.39, 0.29) is 10.3 Å². The average Bonchev–Trinajstić information content (AvgIpc) is 2.28. The van der Waals surface area contributed by atoms with Crippen LogP contribution >= 0.6 is 27.5 Å². The fourth-order valence-corrected chi connectivity index (χ4v) is 1.43. The molecule has 0 amide bonds. The van der Waals surface area contributed by atoms with Crippen molar-refractivity contribution in [2.45, 2.75) is 11.5 Å². The third kappa shape index (κ3) is 2.15. The summed E-state index contributed by atoms with van der Waals surface area (Å²) in [7, 11) is 1.37. The summed E-state index contributed by atoms with van der Waals surface area (Å²) in [5.74, 6) is 0. The number of rotatable bonds is 2. The predicted molar refractivity (Wildman–Crippen MR) is 44.5 cm³/mol. The summed E-state index contributed by atoms with van der Waals surface area (Å²) < 4.78 is 26.0. The van der Waals surface area contributed by atoms with Gasteiger partial charge in [0.25, 0.3) is 0 Å². The lowest BCUT2D eigenvalue weighted by molar-refractivity contribution is -0.0467. The Morgan fingerprint density at radius 3 is 2.54 bits per heavy atom. The van der Waals surface area contributed by atoms with Crippen molar-refractivity contribution in [2.24, 2.45) is 7.05 Å². The molecule has 0 aliphatic rings. The van der Waals surface area contributed by atoms with Crippen molar-refractivity contribution in [1.29, 1.82) is 0 Å². The van der Waals surface area contributed by atoms with E-state index in [9.17, 15) is 8.78 Å². The van der Waals surface area contributed by atoms with Gasteiger partial charge in [0.1, 0.15) is 5.69 Å². The molecule has 13 heavy (non-hydrogen) atoms. The SMILES string of the molecule is Cn1nnc(Br)c1C(O)C(F)(F)Cl. The highest BCUT2D eigenvalue weighted by molar-refractivity contribution is 9.10. The monoisotopic (exact) mass is 275 g/mol. The molecule has 74 valence electrons. The van der Waals surface area contributed by atoms with Crippen molar-refractivity contribution in [3.63, 3.8) is 0 Å². The minimum absolute atomic E-state index is 0.0443. The van der Waals surface area contributed by atoms with Gasteiger partial charge < -0.3 is 5.11 Å². The maximum absolute atomic E-state index is 12.5. The third-order valence-electron chi connectivity index (χ3n) is 1.40. The fourth-order valence-electron chi connectivity index (χ4n) is 0.784. The smallest absolute Gasteiger partial charge is 0.352 e. The fraction of sp³-hybridized carbons (Fsp3) is 0.600. The molecule has 8 heteroatoms. The summed E-state index contributed by atoms with van der Waals surface area (Å²) in [6.07, 6.45) is -2.14. The van der Waals surface area contributed by atoms with E-state index in [1.165, 1.54) is 7.05 Å². The van der Waals surface area contributed by atoms with E-state index in [0.717, 1.165) is 4.68 Å². The normalized spacial score (nSPS) is 14.6. The minimum atomic E-state index is -3.74. The maximum Gasteiger partial charge on any atom is 0.352 e. The lowest BCUT2D eigenvalue weighted by Crippen LogP contribution is -2.21. The zero-order valence-electron chi connectivity index (χ0n) is 6.38. The second-order valence-corrected chi connectivity index (χ2v) is 3.59. The first-order valence-corrected chi connectivity index (χ1v) is 4.31. The lowest BCUT2D eigenvalue weighted by Gasteiger charge is -2.15. The van der Waals surface area contributed by atoms with Crippen LogP contribution in [0.5, 0.6) is 0 Å². The molecule has 0 saturated carbocycles. The Morgan fingerprint density at radius 2 is 2.23 bits per heavy atom. The van der Waals surface area contributed by atoms with E-state index >= 15 is 0 Å². The maximum atomic E-state index is 12.5. The van der Waals surface area contributed by atoms with Crippen LogP contribution in [0.4, 0.5) is 8.78 Å². The number of halogens is 4. The molecule has 0 radical (unpaired) electrons. The molecule has 1 N–H and O–H groups in total. The number of aliphatic hydroxyl groups excluding tert-OH is 1. The highest BCUT2D eigenvalue weighted by Crippen LogP contribution is 2.36. The van der Waals surface area contributed by atoms with Crippen LogP contribution in [0.2, 0.25) is 0 Å². The summed E-state index contributed by atoms with van der Waals surface area (Å²) in [5.41, 5.74) is -0.167. The van der Waals surface area contributed by atoms with Gasteiger partial charge in [0.2, 0.25) is 0 Å². The number of aromatic nitrogens is 3. The van der Waals surface area contributed by atoms with Crippen molar-refractivity contribution in [3.05, 3.63) is 10.3 Å². The van der Waals surface area contributed by atoms with Crippen LogP contribution < -0.4 is 0 Å². The second kappa shape index (κ2) is 3.47. The molecule has 0 bridgehead atoms. The molecule has 4 nitrogen and oxygen atoms in total. The Kier molecular flexibility index (Phi) is 2.88. The van der Waals surface area contributed by atoms with E-state index in [0.29, 0.717) is 0 Å². The van der Waals surface area contributed by atoms with Crippen LogP contribution in [-0.4, -0.2) is 25.5 Å². The quantitative estimate of drug-likeness (QED) is 0.832. The summed E-state index contributed by atoms with van der Waals surface area (Å²) in [5, 5.41) is 12.2. The predicted octanol–water partition coefficient (Wildman–Crippen LogP) is 1.44. The molecule has 1 aromatic heterocycles. The number of hydrogen-bond donors (Lipinski definition) is 1. The molecule has 0 aromatic carbocycles. The van der Waals surface area contributed by atoms with Gasteiger partial charge in [-0.2, -0.15) is 8.78 Å². The van der Waals surface area contributed by atoms with E-state index < -0.39 is 11.5 Å². The van der Waals surface area contributed by atoms with Crippen LogP contribution in [0.15, 0.2) is 4.60 Å². The Labute approximate surface area is 85.6 Å². The second-order valence-electron chi connectivity index (χ2n) is 2.33. The van der Waals surface area contributed by atoms with Crippen LogP contribution in [-0.2, 0) is 7.05 Å². The molecule has 0 aliphatic carbocycles. The standard InChI is InChI=1S/C5H5BrClF2N3O/c1-12-2(4(6)10-11-12)3(13)5(7,8)9/h3,13H,1H3. The van der Waals surface area contributed by atoms with Gasteiger partial charge in [-0.3, -0.25) is 0 Å². The third-order valence-corrected chi connectivity index (χ3v) is 2.17. The van der Waals surface area contributed by atoms with Gasteiger partial charge in [0.15, 0.2) is 10.7 Å². The van der Waals surface area contributed by atoms with Crippen molar-refractivity contribution >= 4 is 27.5 Å². The molecule has 0 fully saturated rings. The van der Waals surface area contributed by atoms with E-state index in [2.05, 4.69) is 37.8 Å². The first-order chi connectivity index (χ1) is 5.84. The van der Waals surface area contributed by atoms with Crippen molar-refractivity contribution in [2.75, 3.05) is 0 Å². The molecule has 1 atom stereocenters. The van der Waals surface area contributed by atoms with E-state index in [1.54, 1.807) is 0 Å². The number of alkyl halides is 3. The van der Waals surface area contributed by atoms with Gasteiger partial charge in [-0.05, 0) is 27.5 Å². The topological polar surface area (TPSA) is 50.9 Å². The zero-order chi connectivity index (χ0) is 10.2. The molecule has 1 unspecified atom stereocenters. The Hall–Kier alpha value is -0.270. The van der Waals surface area contributed by atoms with Gasteiger partial charge in [0.05, 0.1) is 0 Å². The Bertz CT molecular complexity index is 294. The van der Waals surface area contributed by atoms with Crippen LogP contribution in [0.1, 0.15) is 11.8 Å². The van der Waals surface area contributed by atoms with Crippen LogP contribution in [0.3, 0.4) is 0 Å². The molecular formula is C5H5BrClF2N3O. The summed E-state index contributed by atoms with van der Waals surface area (Å²) in [4.78, 5) is 0. The Balaban J connectivity index is 3.08. The molecule has 1 rings (SSSR count). The number of aryl methyl sites for hydroxylation is 1. The van der Waals surface area contributed by atoms with Crippen LogP contribution in [0.25, 0.3) is 0 Å². The summed E-state index contributed by atoms with van der Waals surface area (Å²) >= 11 is 7.51. The highest BCUT2D eigenvalue weighted by atomic mass is 79.9. The molecule has 0 saturated heterocycles. The molecule has 1 heterocycles. The first kappa shape index (κ1) is 10.8. The van der Waals surface area contributed by atoms with Gasteiger partial charge in [-0.25, -0.2) is 4.68 Å². The number of aliphatic hydroxyl groups is 1. The molecule has 1 aromatic rings. The zero-order valence-corrected chi connectivity index (χ0v) is 8.72. The average molecular weight is 276 g/mol. The van der Waals surface area contributed by atoms with Crippen LogP contribution in [0, 0.1) is 0 Å². The molecular weight excluding hydrogens is 271 g/mol. The first-order valence-electron chi connectivity index (χ1n) is 3.14. The van der Waals surface area contributed by atoms with Gasteiger partial charge >= 0.3 is 5.38 Å². The minimum Gasteiger partial charge on any atom is -0.379 e. The molecule has 0 spiro atoms.